The van der Waals surface area contributed by atoms with Crippen molar-refractivity contribution in [2.24, 2.45) is 5.73 Å². The van der Waals surface area contributed by atoms with Gasteiger partial charge in [-0.2, -0.15) is 0 Å². The second kappa shape index (κ2) is 3.30. The predicted octanol–water partition coefficient (Wildman–Crippen LogP) is -1.36. The van der Waals surface area contributed by atoms with Gasteiger partial charge in [0, 0.05) is 6.54 Å². The molecule has 3 unspecified atom stereocenters. The second-order valence-corrected chi connectivity index (χ2v) is 2.58. The van der Waals surface area contributed by atoms with Crippen molar-refractivity contribution in [3.63, 3.8) is 0 Å². The fourth-order valence-corrected chi connectivity index (χ4v) is 1.07. The van der Waals surface area contributed by atoms with E-state index in [4.69, 9.17) is 15.6 Å². The van der Waals surface area contributed by atoms with Gasteiger partial charge in [0.1, 0.15) is 6.23 Å². The van der Waals surface area contributed by atoms with Crippen LogP contribution in [0.4, 0.5) is 0 Å². The summed E-state index contributed by atoms with van der Waals surface area (Å²) in [6, 6.07) is 0.0415. The van der Waals surface area contributed by atoms with E-state index in [1.165, 1.54) is 0 Å². The van der Waals surface area contributed by atoms with Crippen molar-refractivity contribution < 1.29 is 9.84 Å². The summed E-state index contributed by atoms with van der Waals surface area (Å²) in [5, 5.41) is 11.8. The largest absolute Gasteiger partial charge is 0.395 e. The van der Waals surface area contributed by atoms with Crippen LogP contribution in [0.3, 0.4) is 0 Å². The van der Waals surface area contributed by atoms with E-state index >= 15 is 0 Å². The molecule has 0 aromatic heterocycles. The molecule has 0 aromatic carbocycles. The van der Waals surface area contributed by atoms with Crippen molar-refractivity contribution in [2.75, 3.05) is 13.2 Å². The van der Waals surface area contributed by atoms with Crippen LogP contribution in [-0.2, 0) is 4.74 Å². The Bertz CT molecular complexity index is 110. The molecule has 60 valence electrons. The molecule has 0 radical (unpaired) electrons. The van der Waals surface area contributed by atoms with Crippen LogP contribution in [0.15, 0.2) is 0 Å². The number of ether oxygens (including phenoxy) is 1. The van der Waals surface area contributed by atoms with E-state index in [0.29, 0.717) is 6.54 Å². The zero-order chi connectivity index (χ0) is 7.56. The Kier molecular flexibility index (Phi) is 2.62. The van der Waals surface area contributed by atoms with Gasteiger partial charge in [-0.1, -0.05) is 0 Å². The molecule has 0 saturated carbocycles. The van der Waals surface area contributed by atoms with E-state index in [9.17, 15) is 0 Å². The van der Waals surface area contributed by atoms with Crippen molar-refractivity contribution in [2.45, 2.75) is 25.3 Å². The molecular weight excluding hydrogens is 132 g/mol. The lowest BCUT2D eigenvalue weighted by Crippen LogP contribution is -2.55. The van der Waals surface area contributed by atoms with Crippen LogP contribution in [0.5, 0.6) is 0 Å². The first kappa shape index (κ1) is 7.94. The molecule has 1 aliphatic heterocycles. The predicted molar refractivity (Wildman–Crippen MR) is 37.4 cm³/mol. The minimum atomic E-state index is -0.224. The van der Waals surface area contributed by atoms with Crippen molar-refractivity contribution in [3.05, 3.63) is 0 Å². The summed E-state index contributed by atoms with van der Waals surface area (Å²) in [4.78, 5) is 0. The van der Waals surface area contributed by atoms with Gasteiger partial charge in [-0.3, -0.25) is 0 Å². The molecule has 4 heteroatoms. The first-order valence-corrected chi connectivity index (χ1v) is 3.49. The average molecular weight is 146 g/mol. The topological polar surface area (TPSA) is 67.5 Å². The molecule has 0 spiro atoms. The maximum atomic E-state index is 8.76. The van der Waals surface area contributed by atoms with Gasteiger partial charge in [-0.25, -0.2) is 0 Å². The number of rotatable bonds is 1. The highest BCUT2D eigenvalue weighted by Gasteiger charge is 2.24. The zero-order valence-electron chi connectivity index (χ0n) is 6.08. The van der Waals surface area contributed by atoms with Crippen molar-refractivity contribution in [1.29, 1.82) is 0 Å². The maximum Gasteiger partial charge on any atom is 0.118 e. The standard InChI is InChI=1S/C6H14N2O2/c1-4-5(3-9)8-2-6(7)10-4/h4-6,8-9H,2-3,7H2,1H3. The molecule has 4 nitrogen and oxygen atoms in total. The van der Waals surface area contributed by atoms with Crippen molar-refractivity contribution in [3.8, 4) is 0 Å². The average Bonchev–Trinajstić information content (AvgIpc) is 1.88. The fourth-order valence-electron chi connectivity index (χ4n) is 1.07. The number of aliphatic hydroxyl groups is 1. The van der Waals surface area contributed by atoms with Gasteiger partial charge in [0.05, 0.1) is 18.8 Å². The molecule has 1 rings (SSSR count). The molecule has 4 N–H and O–H groups in total. The molecule has 1 fully saturated rings. The third kappa shape index (κ3) is 1.67. The van der Waals surface area contributed by atoms with E-state index in [-0.39, 0.29) is 25.0 Å². The molecule has 0 amide bonds. The Hall–Kier alpha value is -0.160. The number of morpholine rings is 1. The number of hydrogen-bond acceptors (Lipinski definition) is 4. The Labute approximate surface area is 60.4 Å². The van der Waals surface area contributed by atoms with Gasteiger partial charge in [-0.15, -0.1) is 0 Å². The van der Waals surface area contributed by atoms with E-state index in [1.807, 2.05) is 6.92 Å². The zero-order valence-corrected chi connectivity index (χ0v) is 6.08. The SMILES string of the molecule is CC1OC(N)CNC1CO. The number of nitrogens with one attached hydrogen (secondary N) is 1. The van der Waals surface area contributed by atoms with Gasteiger partial charge in [0.2, 0.25) is 0 Å². The van der Waals surface area contributed by atoms with Crippen LogP contribution >= 0.6 is 0 Å². The summed E-state index contributed by atoms with van der Waals surface area (Å²) < 4.78 is 5.24. The highest BCUT2D eigenvalue weighted by Crippen LogP contribution is 2.04. The summed E-state index contributed by atoms with van der Waals surface area (Å²) in [6.07, 6.45) is -0.216. The lowest BCUT2D eigenvalue weighted by molar-refractivity contribution is -0.0600. The highest BCUT2D eigenvalue weighted by atomic mass is 16.5. The minimum absolute atomic E-state index is 0.00810. The van der Waals surface area contributed by atoms with E-state index in [2.05, 4.69) is 5.32 Å². The Morgan fingerprint density at radius 2 is 2.50 bits per heavy atom. The van der Waals surface area contributed by atoms with E-state index in [0.717, 1.165) is 0 Å². The number of nitrogens with two attached hydrogens (primary N) is 1. The van der Waals surface area contributed by atoms with Crippen molar-refractivity contribution in [1.82, 2.24) is 5.32 Å². The van der Waals surface area contributed by atoms with E-state index in [1.54, 1.807) is 0 Å². The molecule has 0 bridgehead atoms. The highest BCUT2D eigenvalue weighted by molar-refractivity contribution is 4.78. The summed E-state index contributed by atoms with van der Waals surface area (Å²) in [7, 11) is 0. The summed E-state index contributed by atoms with van der Waals surface area (Å²) >= 11 is 0. The van der Waals surface area contributed by atoms with Gasteiger partial charge in [0.25, 0.3) is 0 Å². The lowest BCUT2D eigenvalue weighted by atomic mass is 10.1. The van der Waals surface area contributed by atoms with Crippen LogP contribution in [0, 0.1) is 0 Å². The third-order valence-corrected chi connectivity index (χ3v) is 1.73. The third-order valence-electron chi connectivity index (χ3n) is 1.73. The normalized spacial score (nSPS) is 41.7. The fraction of sp³-hybridized carbons (Fsp3) is 1.00. The molecule has 1 aliphatic rings. The second-order valence-electron chi connectivity index (χ2n) is 2.58. The lowest BCUT2D eigenvalue weighted by Gasteiger charge is -2.32. The van der Waals surface area contributed by atoms with Crippen LogP contribution < -0.4 is 11.1 Å². The molecule has 1 heterocycles. The van der Waals surface area contributed by atoms with Crippen LogP contribution in [0.1, 0.15) is 6.92 Å². The number of hydrogen-bond donors (Lipinski definition) is 3. The van der Waals surface area contributed by atoms with Gasteiger partial charge in [-0.05, 0) is 6.92 Å². The molecule has 10 heavy (non-hydrogen) atoms. The van der Waals surface area contributed by atoms with Crippen LogP contribution in [0.2, 0.25) is 0 Å². The summed E-state index contributed by atoms with van der Waals surface area (Å²) in [5.41, 5.74) is 5.48. The molecular formula is C6H14N2O2. The summed E-state index contributed by atoms with van der Waals surface area (Å²) in [6.45, 7) is 2.62. The smallest absolute Gasteiger partial charge is 0.118 e. The molecule has 3 atom stereocenters. The Balaban J connectivity index is 2.36. The monoisotopic (exact) mass is 146 g/mol. The first-order chi connectivity index (χ1) is 4.74. The van der Waals surface area contributed by atoms with Gasteiger partial charge in [0.15, 0.2) is 0 Å². The Morgan fingerprint density at radius 1 is 1.80 bits per heavy atom. The van der Waals surface area contributed by atoms with Crippen LogP contribution in [0.25, 0.3) is 0 Å². The molecule has 0 aliphatic carbocycles. The maximum absolute atomic E-state index is 8.76. The Morgan fingerprint density at radius 3 is 3.00 bits per heavy atom. The minimum Gasteiger partial charge on any atom is -0.395 e. The van der Waals surface area contributed by atoms with Crippen LogP contribution in [-0.4, -0.2) is 36.6 Å². The van der Waals surface area contributed by atoms with Crippen molar-refractivity contribution >= 4 is 0 Å². The quantitative estimate of drug-likeness (QED) is 0.427. The number of aliphatic hydroxyl groups excluding tert-OH is 1. The molecule has 1 saturated heterocycles. The molecule has 0 aromatic rings. The first-order valence-electron chi connectivity index (χ1n) is 3.49. The van der Waals surface area contributed by atoms with E-state index < -0.39 is 0 Å². The summed E-state index contributed by atoms with van der Waals surface area (Å²) in [5.74, 6) is 0. The van der Waals surface area contributed by atoms with Gasteiger partial charge >= 0.3 is 0 Å². The van der Waals surface area contributed by atoms with Gasteiger partial charge < -0.3 is 20.9 Å².